The Morgan fingerprint density at radius 3 is 1.09 bits per heavy atom. The predicted octanol–water partition coefficient (Wildman–Crippen LogP) is 15.1. The molecule has 0 amide bonds. The van der Waals surface area contributed by atoms with Crippen LogP contribution in [0.4, 0.5) is 0 Å². The maximum absolute atomic E-state index is 13.0. The first-order valence-corrected chi connectivity index (χ1v) is 25.0. The second-order valence-electron chi connectivity index (χ2n) is 17.4. The summed E-state index contributed by atoms with van der Waals surface area (Å²) in [7, 11) is 0. The molecule has 0 fully saturated rings. The van der Waals surface area contributed by atoms with E-state index in [1.165, 1.54) is 141 Å². The maximum atomic E-state index is 13.0. The second-order valence-corrected chi connectivity index (χ2v) is 17.4. The first-order chi connectivity index (χ1) is 27.5. The first-order valence-electron chi connectivity index (χ1n) is 25.0. The van der Waals surface area contributed by atoms with Crippen LogP contribution in [0.3, 0.4) is 0 Å². The second kappa shape index (κ2) is 40.3. The van der Waals surface area contributed by atoms with Crippen molar-refractivity contribution >= 4 is 11.9 Å². The molecular formula is C49H95N3O4. The molecule has 1 heterocycles. The van der Waals surface area contributed by atoms with E-state index in [0.29, 0.717) is 13.2 Å². The van der Waals surface area contributed by atoms with E-state index < -0.39 is 0 Å². The Hall–Kier alpha value is -1.50. The number of nitrogens with zero attached hydrogens (tertiary/aromatic N) is 3. The number of unbranched alkanes of at least 4 members (excludes halogenated alkanes) is 23. The highest BCUT2D eigenvalue weighted by Crippen LogP contribution is 2.23. The SMILES string of the molecule is CCCCCCCCC(CCCCCC)C(=O)OCCCCCCN(CCCCCCOC(=O)C(CCCCCC)CCCCCCCC)CCCCC1N=N1. The molecule has 7 heteroatoms. The van der Waals surface area contributed by atoms with Gasteiger partial charge in [-0.05, 0) is 90.3 Å². The van der Waals surface area contributed by atoms with Gasteiger partial charge in [0.15, 0.2) is 6.17 Å². The van der Waals surface area contributed by atoms with Crippen molar-refractivity contribution in [2.75, 3.05) is 32.8 Å². The number of carbonyl (C=O) groups excluding carboxylic acids is 2. The lowest BCUT2D eigenvalue weighted by Gasteiger charge is -2.22. The summed E-state index contributed by atoms with van der Waals surface area (Å²) < 4.78 is 11.7. The molecule has 0 saturated carbocycles. The zero-order valence-corrected chi connectivity index (χ0v) is 38.0. The van der Waals surface area contributed by atoms with E-state index in [1.54, 1.807) is 0 Å². The van der Waals surface area contributed by atoms with Gasteiger partial charge in [-0.15, -0.1) is 0 Å². The molecule has 1 aliphatic heterocycles. The van der Waals surface area contributed by atoms with Crippen LogP contribution < -0.4 is 0 Å². The van der Waals surface area contributed by atoms with Gasteiger partial charge in [0.1, 0.15) is 0 Å². The maximum Gasteiger partial charge on any atom is 0.308 e. The van der Waals surface area contributed by atoms with E-state index in [2.05, 4.69) is 42.8 Å². The number of carbonyl (C=O) groups is 2. The average molecular weight is 790 g/mol. The Morgan fingerprint density at radius 1 is 0.411 bits per heavy atom. The van der Waals surface area contributed by atoms with Crippen LogP contribution in [0, 0.1) is 11.8 Å². The highest BCUT2D eigenvalue weighted by atomic mass is 16.5. The number of ether oxygens (including phenoxy) is 2. The fourth-order valence-electron chi connectivity index (χ4n) is 8.06. The topological polar surface area (TPSA) is 80.6 Å². The molecule has 0 aliphatic carbocycles. The molecule has 56 heavy (non-hydrogen) atoms. The van der Waals surface area contributed by atoms with E-state index in [0.717, 1.165) is 103 Å². The number of hydrogen-bond acceptors (Lipinski definition) is 7. The Balaban J connectivity index is 2.32. The molecule has 330 valence electrons. The van der Waals surface area contributed by atoms with Crippen LogP contribution in [0.5, 0.6) is 0 Å². The van der Waals surface area contributed by atoms with Crippen molar-refractivity contribution in [3.8, 4) is 0 Å². The largest absolute Gasteiger partial charge is 0.465 e. The molecule has 0 bridgehead atoms. The summed E-state index contributed by atoms with van der Waals surface area (Å²) in [5, 5.41) is 8.14. The zero-order valence-electron chi connectivity index (χ0n) is 38.0. The lowest BCUT2D eigenvalue weighted by atomic mass is 9.94. The van der Waals surface area contributed by atoms with Crippen LogP contribution in [0.2, 0.25) is 0 Å². The molecular weight excluding hydrogens is 695 g/mol. The van der Waals surface area contributed by atoms with Crippen molar-refractivity contribution < 1.29 is 19.1 Å². The molecule has 0 aromatic rings. The highest BCUT2D eigenvalue weighted by Gasteiger charge is 2.21. The molecule has 1 aliphatic rings. The number of esters is 2. The van der Waals surface area contributed by atoms with Gasteiger partial charge in [0.05, 0.1) is 25.0 Å². The van der Waals surface area contributed by atoms with Gasteiger partial charge in [0.25, 0.3) is 0 Å². The van der Waals surface area contributed by atoms with Gasteiger partial charge in [0.2, 0.25) is 0 Å². The molecule has 0 spiro atoms. The van der Waals surface area contributed by atoms with Gasteiger partial charge in [-0.25, -0.2) is 0 Å². The highest BCUT2D eigenvalue weighted by molar-refractivity contribution is 5.72. The van der Waals surface area contributed by atoms with Gasteiger partial charge in [-0.1, -0.05) is 182 Å². The zero-order chi connectivity index (χ0) is 40.6. The van der Waals surface area contributed by atoms with Gasteiger partial charge >= 0.3 is 11.9 Å². The van der Waals surface area contributed by atoms with Crippen LogP contribution in [-0.4, -0.2) is 55.9 Å². The summed E-state index contributed by atoms with van der Waals surface area (Å²) in [5.74, 6) is 0.329. The molecule has 2 unspecified atom stereocenters. The van der Waals surface area contributed by atoms with E-state index in [1.807, 2.05) is 0 Å². The fraction of sp³-hybridized carbons (Fsp3) is 0.959. The summed E-state index contributed by atoms with van der Waals surface area (Å²) in [4.78, 5) is 28.7. The molecule has 0 saturated heterocycles. The molecule has 7 nitrogen and oxygen atoms in total. The molecule has 0 aromatic heterocycles. The summed E-state index contributed by atoms with van der Waals surface area (Å²) in [6.45, 7) is 13.6. The van der Waals surface area contributed by atoms with Crippen molar-refractivity contribution in [3.05, 3.63) is 0 Å². The van der Waals surface area contributed by atoms with E-state index in [-0.39, 0.29) is 29.9 Å². The smallest absolute Gasteiger partial charge is 0.308 e. The van der Waals surface area contributed by atoms with Crippen LogP contribution in [-0.2, 0) is 19.1 Å². The summed E-state index contributed by atoms with van der Waals surface area (Å²) >= 11 is 0. The Kier molecular flexibility index (Phi) is 37.8. The quantitative estimate of drug-likeness (QED) is 0.0453. The summed E-state index contributed by atoms with van der Waals surface area (Å²) in [6, 6.07) is 0. The minimum Gasteiger partial charge on any atom is -0.465 e. The first kappa shape index (κ1) is 52.5. The Bertz CT molecular complexity index is 835. The molecule has 0 radical (unpaired) electrons. The lowest BCUT2D eigenvalue weighted by molar-refractivity contribution is -0.150. The van der Waals surface area contributed by atoms with Crippen molar-refractivity contribution in [3.63, 3.8) is 0 Å². The summed E-state index contributed by atoms with van der Waals surface area (Å²) in [6.07, 6.45) is 41.8. The third-order valence-electron chi connectivity index (χ3n) is 12.0. The normalized spacial score (nSPS) is 13.7. The Morgan fingerprint density at radius 2 is 0.714 bits per heavy atom. The van der Waals surface area contributed by atoms with Crippen molar-refractivity contribution in [2.45, 2.75) is 259 Å². The van der Waals surface area contributed by atoms with Gasteiger partial charge in [-0.3, -0.25) is 9.59 Å². The van der Waals surface area contributed by atoms with Crippen LogP contribution >= 0.6 is 0 Å². The van der Waals surface area contributed by atoms with Crippen molar-refractivity contribution in [1.29, 1.82) is 0 Å². The van der Waals surface area contributed by atoms with Crippen LogP contribution in [0.25, 0.3) is 0 Å². The standard InChI is InChI=1S/C49H95N3O4/c1-5-9-13-17-19-27-37-45(35-25-15-11-7-3)48(53)55-43-33-23-21-30-40-52(42-32-29-39-47-50-51-47)41-31-22-24-34-44-56-49(54)46(36-26-16-12-8-4)38-28-20-18-14-10-6-2/h45-47H,5-44H2,1-4H3. The lowest BCUT2D eigenvalue weighted by Crippen LogP contribution is -2.27. The minimum atomic E-state index is 0.0664. The van der Waals surface area contributed by atoms with E-state index in [9.17, 15) is 9.59 Å². The molecule has 2 atom stereocenters. The minimum absolute atomic E-state index is 0.0664. The molecule has 0 N–H and O–H groups in total. The third-order valence-corrected chi connectivity index (χ3v) is 12.0. The van der Waals surface area contributed by atoms with E-state index in [4.69, 9.17) is 9.47 Å². The fourth-order valence-corrected chi connectivity index (χ4v) is 8.06. The van der Waals surface area contributed by atoms with E-state index >= 15 is 0 Å². The number of hydrogen-bond donors (Lipinski definition) is 0. The number of rotatable bonds is 45. The van der Waals surface area contributed by atoms with Gasteiger partial charge in [0, 0.05) is 0 Å². The van der Waals surface area contributed by atoms with Crippen LogP contribution in [0.1, 0.15) is 252 Å². The third kappa shape index (κ3) is 33.5. The summed E-state index contributed by atoms with van der Waals surface area (Å²) in [5.41, 5.74) is 0. The molecule has 1 rings (SSSR count). The van der Waals surface area contributed by atoms with Crippen molar-refractivity contribution in [1.82, 2.24) is 4.90 Å². The monoisotopic (exact) mass is 790 g/mol. The van der Waals surface area contributed by atoms with Crippen molar-refractivity contribution in [2.24, 2.45) is 22.1 Å². The van der Waals surface area contributed by atoms with Crippen LogP contribution in [0.15, 0.2) is 10.2 Å². The van der Waals surface area contributed by atoms with Gasteiger partial charge in [-0.2, -0.15) is 10.2 Å². The van der Waals surface area contributed by atoms with Gasteiger partial charge < -0.3 is 14.4 Å². The average Bonchev–Trinajstić information content (AvgIpc) is 4.04. The predicted molar refractivity (Wildman–Crippen MR) is 238 cm³/mol. The molecule has 0 aromatic carbocycles. The Labute approximate surface area is 348 Å².